The van der Waals surface area contributed by atoms with E-state index in [1.807, 2.05) is 6.07 Å². The molecule has 1 aliphatic carbocycles. The fourth-order valence-electron chi connectivity index (χ4n) is 2.50. The van der Waals surface area contributed by atoms with Crippen LogP contribution < -0.4 is 4.74 Å². The van der Waals surface area contributed by atoms with Crippen LogP contribution in [0.3, 0.4) is 0 Å². The molecule has 0 aliphatic heterocycles. The van der Waals surface area contributed by atoms with Crippen LogP contribution >= 0.6 is 11.6 Å². The number of nitrogens with zero attached hydrogens (tertiary/aromatic N) is 1. The Bertz CT molecular complexity index is 703. The highest BCUT2D eigenvalue weighted by Crippen LogP contribution is 2.32. The molecule has 3 nitrogen and oxygen atoms in total. The number of halogens is 2. The van der Waals surface area contributed by atoms with Crippen LogP contribution in [-0.2, 0) is 12.8 Å². The van der Waals surface area contributed by atoms with Crippen molar-refractivity contribution in [1.82, 2.24) is 4.98 Å². The maximum atomic E-state index is 13.4. The molecule has 0 atom stereocenters. The molecule has 0 saturated heterocycles. The van der Waals surface area contributed by atoms with Crippen LogP contribution in [0, 0.1) is 5.82 Å². The summed E-state index contributed by atoms with van der Waals surface area (Å²) in [5, 5.41) is -0.228. The molecule has 108 valence electrons. The molecule has 21 heavy (non-hydrogen) atoms. The van der Waals surface area contributed by atoms with Crippen molar-refractivity contribution < 1.29 is 13.9 Å². The molecule has 0 N–H and O–H groups in total. The highest BCUT2D eigenvalue weighted by molar-refractivity contribution is 6.33. The molecule has 3 rings (SSSR count). The zero-order chi connectivity index (χ0) is 14.8. The zero-order valence-corrected chi connectivity index (χ0v) is 12.0. The quantitative estimate of drug-likeness (QED) is 0.791. The van der Waals surface area contributed by atoms with Crippen molar-refractivity contribution in [3.63, 3.8) is 0 Å². The average Bonchev–Trinajstić information content (AvgIpc) is 2.51. The van der Waals surface area contributed by atoms with Crippen LogP contribution in [0.15, 0.2) is 24.4 Å². The van der Waals surface area contributed by atoms with Gasteiger partial charge in [-0.15, -0.1) is 0 Å². The lowest BCUT2D eigenvalue weighted by Crippen LogP contribution is -2.05. The summed E-state index contributed by atoms with van der Waals surface area (Å²) in [7, 11) is 0. The average molecular weight is 306 g/mol. The molecular formula is C16H13ClFNO2. The number of aldehydes is 1. The number of carbonyl (C=O) groups is 1. The van der Waals surface area contributed by atoms with Gasteiger partial charge < -0.3 is 4.74 Å². The SMILES string of the molecule is O=Cc1c(Oc2cnc3c(c2)CCCC3)ccc(F)c1Cl. The third kappa shape index (κ3) is 2.76. The summed E-state index contributed by atoms with van der Waals surface area (Å²) in [6.45, 7) is 0. The number of aromatic nitrogens is 1. The van der Waals surface area contributed by atoms with Crippen molar-refractivity contribution in [1.29, 1.82) is 0 Å². The topological polar surface area (TPSA) is 39.2 Å². The minimum absolute atomic E-state index is 0.00869. The molecule has 0 amide bonds. The van der Waals surface area contributed by atoms with Crippen molar-refractivity contribution >= 4 is 17.9 Å². The summed E-state index contributed by atoms with van der Waals surface area (Å²) in [5.74, 6) is 0.116. The second-order valence-corrected chi connectivity index (χ2v) is 5.36. The van der Waals surface area contributed by atoms with Gasteiger partial charge in [-0.2, -0.15) is 0 Å². The lowest BCUT2D eigenvalue weighted by Gasteiger charge is -2.16. The standard InChI is InChI=1S/C16H13ClFNO2/c17-16-12(9-20)15(6-5-13(16)18)21-11-7-10-3-1-2-4-14(10)19-8-11/h5-9H,1-4H2. The Hall–Kier alpha value is -1.94. The minimum atomic E-state index is -0.644. The van der Waals surface area contributed by atoms with Crippen molar-refractivity contribution in [3.05, 3.63) is 52.1 Å². The number of ether oxygens (including phenoxy) is 1. The van der Waals surface area contributed by atoms with E-state index in [0.29, 0.717) is 12.0 Å². The minimum Gasteiger partial charge on any atom is -0.455 e. The molecule has 0 spiro atoms. The van der Waals surface area contributed by atoms with Crippen LogP contribution in [0.1, 0.15) is 34.5 Å². The Morgan fingerprint density at radius 2 is 2.10 bits per heavy atom. The fraction of sp³-hybridized carbons (Fsp3) is 0.250. The van der Waals surface area contributed by atoms with Gasteiger partial charge in [-0.1, -0.05) is 11.6 Å². The first-order valence-electron chi connectivity index (χ1n) is 6.78. The van der Waals surface area contributed by atoms with Gasteiger partial charge in [0.25, 0.3) is 0 Å². The second-order valence-electron chi connectivity index (χ2n) is 4.98. The molecule has 1 aliphatic rings. The normalized spacial score (nSPS) is 13.6. The van der Waals surface area contributed by atoms with E-state index in [4.69, 9.17) is 16.3 Å². The predicted octanol–water partition coefficient (Wildman–Crippen LogP) is 4.36. The van der Waals surface area contributed by atoms with Gasteiger partial charge in [0.15, 0.2) is 6.29 Å². The first kappa shape index (κ1) is 14.0. The Morgan fingerprint density at radius 3 is 2.90 bits per heavy atom. The highest BCUT2D eigenvalue weighted by atomic mass is 35.5. The summed E-state index contributed by atoms with van der Waals surface area (Å²) >= 11 is 5.78. The number of benzene rings is 1. The molecule has 0 saturated carbocycles. The van der Waals surface area contributed by atoms with Crippen LogP contribution in [0.25, 0.3) is 0 Å². The van der Waals surface area contributed by atoms with Gasteiger partial charge in [-0.3, -0.25) is 9.78 Å². The number of hydrogen-bond donors (Lipinski definition) is 0. The molecule has 0 fully saturated rings. The molecule has 2 aromatic rings. The summed E-state index contributed by atoms with van der Waals surface area (Å²) in [4.78, 5) is 15.5. The Balaban J connectivity index is 1.94. The number of rotatable bonds is 3. The number of fused-ring (bicyclic) bond motifs is 1. The van der Waals surface area contributed by atoms with E-state index in [1.165, 1.54) is 17.7 Å². The van der Waals surface area contributed by atoms with Crippen LogP contribution in [-0.4, -0.2) is 11.3 Å². The van der Waals surface area contributed by atoms with Crippen LogP contribution in [0.5, 0.6) is 11.5 Å². The van der Waals surface area contributed by atoms with Gasteiger partial charge in [0.05, 0.1) is 16.8 Å². The molecule has 5 heteroatoms. The van der Waals surface area contributed by atoms with Gasteiger partial charge in [0, 0.05) is 5.69 Å². The first-order valence-corrected chi connectivity index (χ1v) is 7.15. The first-order chi connectivity index (χ1) is 10.2. The van der Waals surface area contributed by atoms with Crippen molar-refractivity contribution in [2.75, 3.05) is 0 Å². The molecule has 1 aromatic heterocycles. The van der Waals surface area contributed by atoms with Crippen molar-refractivity contribution in [2.45, 2.75) is 25.7 Å². The summed E-state index contributed by atoms with van der Waals surface area (Å²) in [6, 6.07) is 4.49. The third-order valence-electron chi connectivity index (χ3n) is 3.58. The van der Waals surface area contributed by atoms with E-state index in [1.54, 1.807) is 6.20 Å². The maximum absolute atomic E-state index is 13.4. The van der Waals surface area contributed by atoms with E-state index in [0.717, 1.165) is 31.4 Å². The highest BCUT2D eigenvalue weighted by Gasteiger charge is 2.15. The van der Waals surface area contributed by atoms with E-state index >= 15 is 0 Å². The zero-order valence-electron chi connectivity index (χ0n) is 11.2. The van der Waals surface area contributed by atoms with E-state index in [9.17, 15) is 9.18 Å². The summed E-state index contributed by atoms with van der Waals surface area (Å²) in [6.07, 6.45) is 6.37. The van der Waals surface area contributed by atoms with Gasteiger partial charge in [-0.25, -0.2) is 4.39 Å². The van der Waals surface area contributed by atoms with E-state index in [-0.39, 0.29) is 16.3 Å². The Morgan fingerprint density at radius 1 is 1.29 bits per heavy atom. The monoisotopic (exact) mass is 305 g/mol. The van der Waals surface area contributed by atoms with Crippen molar-refractivity contribution in [3.8, 4) is 11.5 Å². The molecule has 0 radical (unpaired) electrons. The summed E-state index contributed by atoms with van der Waals surface area (Å²) in [5.41, 5.74) is 2.27. The second kappa shape index (κ2) is 5.82. The lowest BCUT2D eigenvalue weighted by atomic mass is 9.96. The third-order valence-corrected chi connectivity index (χ3v) is 3.97. The van der Waals surface area contributed by atoms with Gasteiger partial charge >= 0.3 is 0 Å². The fourth-order valence-corrected chi connectivity index (χ4v) is 2.70. The number of carbonyl (C=O) groups excluding carboxylic acids is 1. The molecule has 1 aromatic carbocycles. The maximum Gasteiger partial charge on any atom is 0.155 e. The van der Waals surface area contributed by atoms with Crippen LogP contribution in [0.4, 0.5) is 4.39 Å². The predicted molar refractivity (Wildman–Crippen MR) is 77.8 cm³/mol. The largest absolute Gasteiger partial charge is 0.455 e. The Kier molecular flexibility index (Phi) is 3.88. The lowest BCUT2D eigenvalue weighted by molar-refractivity contribution is 0.112. The molecule has 1 heterocycles. The van der Waals surface area contributed by atoms with E-state index in [2.05, 4.69) is 4.98 Å². The molecular weight excluding hydrogens is 293 g/mol. The Labute approximate surface area is 126 Å². The van der Waals surface area contributed by atoms with E-state index < -0.39 is 5.82 Å². The molecule has 0 bridgehead atoms. The van der Waals surface area contributed by atoms with Crippen molar-refractivity contribution in [2.24, 2.45) is 0 Å². The number of aryl methyl sites for hydroxylation is 2. The van der Waals surface area contributed by atoms with Gasteiger partial charge in [-0.05, 0) is 49.4 Å². The smallest absolute Gasteiger partial charge is 0.155 e. The summed E-state index contributed by atoms with van der Waals surface area (Å²) < 4.78 is 19.0. The number of pyridine rings is 1. The van der Waals surface area contributed by atoms with Gasteiger partial charge in [0.1, 0.15) is 17.3 Å². The number of hydrogen-bond acceptors (Lipinski definition) is 3. The molecule has 0 unspecified atom stereocenters. The van der Waals surface area contributed by atoms with Crippen LogP contribution in [0.2, 0.25) is 5.02 Å². The van der Waals surface area contributed by atoms with Gasteiger partial charge in [0.2, 0.25) is 0 Å².